The van der Waals surface area contributed by atoms with Crippen LogP contribution in [0.15, 0.2) is 12.1 Å². The van der Waals surface area contributed by atoms with E-state index >= 15 is 0 Å². The van der Waals surface area contributed by atoms with Crippen molar-refractivity contribution in [3.8, 4) is 5.75 Å². The highest BCUT2D eigenvalue weighted by Gasteiger charge is 2.17. The number of hydrogen-bond acceptors (Lipinski definition) is 1. The topological polar surface area (TPSA) is 9.23 Å². The molecule has 0 fully saturated rings. The molecule has 0 aliphatic carbocycles. The van der Waals surface area contributed by atoms with Gasteiger partial charge in [0.15, 0.2) is 11.6 Å². The average molecular weight is 369 g/mol. The number of methoxy groups -OCH3 is 1. The Bertz CT molecular complexity index is 529. The molecule has 0 aliphatic heterocycles. The molecule has 0 aromatic heterocycles. The summed E-state index contributed by atoms with van der Waals surface area (Å²) >= 11 is 0. The second-order valence-corrected chi connectivity index (χ2v) is 8.32. The van der Waals surface area contributed by atoms with Gasteiger partial charge in [-0.15, -0.1) is 0 Å². The van der Waals surface area contributed by atoms with Crippen LogP contribution in [0.25, 0.3) is 0 Å². The Morgan fingerprint density at radius 3 is 1.92 bits per heavy atom. The molecule has 0 saturated carbocycles. The molecule has 150 valence electrons. The SMILES string of the molecule is CCC(C)CCC(C)C(C)CCC(C)CCc1ccc(OC)c(F)c1F. The van der Waals surface area contributed by atoms with Crippen molar-refractivity contribution >= 4 is 0 Å². The molecule has 0 N–H and O–H groups in total. The van der Waals surface area contributed by atoms with Gasteiger partial charge in [0.2, 0.25) is 5.82 Å². The molecule has 0 bridgehead atoms. The van der Waals surface area contributed by atoms with E-state index in [2.05, 4.69) is 34.6 Å². The van der Waals surface area contributed by atoms with E-state index < -0.39 is 11.6 Å². The van der Waals surface area contributed by atoms with E-state index in [9.17, 15) is 8.78 Å². The van der Waals surface area contributed by atoms with Crippen molar-refractivity contribution in [3.63, 3.8) is 0 Å². The van der Waals surface area contributed by atoms with Gasteiger partial charge < -0.3 is 4.74 Å². The number of aryl methyl sites for hydroxylation is 1. The van der Waals surface area contributed by atoms with Crippen LogP contribution in [0.2, 0.25) is 0 Å². The lowest BCUT2D eigenvalue weighted by molar-refractivity contribution is 0.291. The third-order valence-corrected chi connectivity index (χ3v) is 6.15. The van der Waals surface area contributed by atoms with Gasteiger partial charge >= 0.3 is 0 Å². The monoisotopic (exact) mass is 368 g/mol. The minimum Gasteiger partial charge on any atom is -0.494 e. The van der Waals surface area contributed by atoms with Gasteiger partial charge in [0.1, 0.15) is 0 Å². The molecule has 0 saturated heterocycles. The van der Waals surface area contributed by atoms with E-state index in [1.54, 1.807) is 6.07 Å². The highest BCUT2D eigenvalue weighted by molar-refractivity contribution is 5.31. The molecule has 1 aromatic carbocycles. The molecule has 0 heterocycles. The number of rotatable bonds is 12. The van der Waals surface area contributed by atoms with Gasteiger partial charge in [-0.3, -0.25) is 0 Å². The zero-order chi connectivity index (χ0) is 19.7. The van der Waals surface area contributed by atoms with E-state index in [4.69, 9.17) is 4.74 Å². The summed E-state index contributed by atoms with van der Waals surface area (Å²) < 4.78 is 32.6. The fourth-order valence-electron chi connectivity index (χ4n) is 3.34. The van der Waals surface area contributed by atoms with Crippen molar-refractivity contribution in [1.82, 2.24) is 0 Å². The van der Waals surface area contributed by atoms with Gasteiger partial charge in [-0.2, -0.15) is 4.39 Å². The van der Waals surface area contributed by atoms with E-state index in [1.807, 2.05) is 0 Å². The minimum atomic E-state index is -0.874. The van der Waals surface area contributed by atoms with E-state index in [0.717, 1.165) is 30.6 Å². The second kappa shape index (κ2) is 11.6. The van der Waals surface area contributed by atoms with Crippen molar-refractivity contribution in [1.29, 1.82) is 0 Å². The van der Waals surface area contributed by atoms with Crippen LogP contribution < -0.4 is 4.74 Å². The summed E-state index contributed by atoms with van der Waals surface area (Å²) in [6.07, 6.45) is 7.71. The van der Waals surface area contributed by atoms with Crippen molar-refractivity contribution in [2.75, 3.05) is 7.11 Å². The Balaban J connectivity index is 2.38. The smallest absolute Gasteiger partial charge is 0.200 e. The lowest BCUT2D eigenvalue weighted by atomic mass is 9.83. The Morgan fingerprint density at radius 2 is 1.38 bits per heavy atom. The number of ether oxygens (including phenoxy) is 1. The summed E-state index contributed by atoms with van der Waals surface area (Å²) in [6, 6.07) is 3.16. The standard InChI is InChI=1S/C23H38F2O/c1-7-16(2)8-11-18(4)19(5)12-9-17(3)10-13-20-14-15-21(26-6)23(25)22(20)24/h14-19H,7-13H2,1-6H3. The predicted octanol–water partition coefficient (Wildman–Crippen LogP) is 7.42. The molecule has 1 aromatic rings. The Labute approximate surface area is 159 Å². The number of benzene rings is 1. The summed E-state index contributed by atoms with van der Waals surface area (Å²) in [5, 5.41) is 0. The molecular weight excluding hydrogens is 330 g/mol. The Hall–Kier alpha value is -1.12. The zero-order valence-electron chi connectivity index (χ0n) is 17.6. The molecule has 1 rings (SSSR count). The highest BCUT2D eigenvalue weighted by atomic mass is 19.2. The molecule has 0 radical (unpaired) electrons. The number of hydrogen-bond donors (Lipinski definition) is 0. The molecule has 1 nitrogen and oxygen atoms in total. The van der Waals surface area contributed by atoms with E-state index in [-0.39, 0.29) is 5.75 Å². The van der Waals surface area contributed by atoms with Crippen LogP contribution in [0, 0.1) is 35.3 Å². The van der Waals surface area contributed by atoms with Crippen LogP contribution in [-0.4, -0.2) is 7.11 Å². The van der Waals surface area contributed by atoms with E-state index in [1.165, 1.54) is 38.9 Å². The van der Waals surface area contributed by atoms with Gasteiger partial charge in [-0.1, -0.05) is 72.8 Å². The van der Waals surface area contributed by atoms with Crippen molar-refractivity contribution in [3.05, 3.63) is 29.3 Å². The normalized spacial score (nSPS) is 16.2. The molecule has 3 heteroatoms. The Kier molecular flexibility index (Phi) is 10.2. The third-order valence-electron chi connectivity index (χ3n) is 6.15. The first-order valence-corrected chi connectivity index (χ1v) is 10.3. The third kappa shape index (κ3) is 7.25. The summed E-state index contributed by atoms with van der Waals surface area (Å²) in [6.45, 7) is 11.5. The second-order valence-electron chi connectivity index (χ2n) is 8.32. The number of halogens is 2. The molecule has 0 aliphatic rings. The van der Waals surface area contributed by atoms with Crippen LogP contribution in [0.5, 0.6) is 5.75 Å². The van der Waals surface area contributed by atoms with Crippen LogP contribution in [0.1, 0.15) is 78.7 Å². The quantitative estimate of drug-likeness (QED) is 0.373. The van der Waals surface area contributed by atoms with Crippen molar-refractivity contribution in [2.24, 2.45) is 23.7 Å². The van der Waals surface area contributed by atoms with Gasteiger partial charge in [-0.25, -0.2) is 4.39 Å². The van der Waals surface area contributed by atoms with Crippen LogP contribution in [-0.2, 0) is 6.42 Å². The summed E-state index contributed by atoms with van der Waals surface area (Å²) in [5.74, 6) is 1.15. The van der Waals surface area contributed by atoms with Gasteiger partial charge in [0.05, 0.1) is 7.11 Å². The lowest BCUT2D eigenvalue weighted by Gasteiger charge is -2.23. The molecule has 0 spiro atoms. The average Bonchev–Trinajstić information content (AvgIpc) is 2.64. The summed E-state index contributed by atoms with van der Waals surface area (Å²) in [5.41, 5.74) is 0.449. The van der Waals surface area contributed by atoms with Gasteiger partial charge in [0.25, 0.3) is 0 Å². The first-order valence-electron chi connectivity index (χ1n) is 10.3. The first kappa shape index (κ1) is 22.9. The van der Waals surface area contributed by atoms with Gasteiger partial charge in [0, 0.05) is 0 Å². The molecule has 4 atom stereocenters. The molecule has 0 amide bonds. The fraction of sp³-hybridized carbons (Fsp3) is 0.739. The maximum Gasteiger partial charge on any atom is 0.200 e. The maximum absolute atomic E-state index is 14.0. The zero-order valence-corrected chi connectivity index (χ0v) is 17.6. The molecule has 26 heavy (non-hydrogen) atoms. The largest absolute Gasteiger partial charge is 0.494 e. The van der Waals surface area contributed by atoms with Gasteiger partial charge in [-0.05, 0) is 48.1 Å². The minimum absolute atomic E-state index is 0.0282. The van der Waals surface area contributed by atoms with Crippen LogP contribution in [0.3, 0.4) is 0 Å². The lowest BCUT2D eigenvalue weighted by Crippen LogP contribution is -2.11. The predicted molar refractivity (Wildman–Crippen MR) is 107 cm³/mol. The summed E-state index contributed by atoms with van der Waals surface area (Å²) in [4.78, 5) is 0. The highest BCUT2D eigenvalue weighted by Crippen LogP contribution is 2.28. The van der Waals surface area contributed by atoms with Crippen LogP contribution in [0.4, 0.5) is 8.78 Å². The summed E-state index contributed by atoms with van der Waals surface area (Å²) in [7, 11) is 1.35. The molecule has 4 unspecified atom stereocenters. The van der Waals surface area contributed by atoms with E-state index in [0.29, 0.717) is 17.9 Å². The van der Waals surface area contributed by atoms with Crippen LogP contribution >= 0.6 is 0 Å². The van der Waals surface area contributed by atoms with Crippen molar-refractivity contribution < 1.29 is 13.5 Å². The Morgan fingerprint density at radius 1 is 0.808 bits per heavy atom. The van der Waals surface area contributed by atoms with Crippen molar-refractivity contribution in [2.45, 2.75) is 79.6 Å². The maximum atomic E-state index is 14.0. The molecular formula is C23H38F2O. The fourth-order valence-corrected chi connectivity index (χ4v) is 3.34. The first-order chi connectivity index (χ1) is 12.3.